The summed E-state index contributed by atoms with van der Waals surface area (Å²) in [5, 5.41) is 4.09. The summed E-state index contributed by atoms with van der Waals surface area (Å²) >= 11 is 2.61. The van der Waals surface area contributed by atoms with Gasteiger partial charge in [0, 0.05) is 12.0 Å². The van der Waals surface area contributed by atoms with E-state index in [1.54, 1.807) is 4.57 Å². The van der Waals surface area contributed by atoms with E-state index in [9.17, 15) is 14.4 Å². The lowest BCUT2D eigenvalue weighted by Gasteiger charge is -2.11. The van der Waals surface area contributed by atoms with Crippen LogP contribution in [0.1, 0.15) is 49.0 Å². The first-order valence-electron chi connectivity index (χ1n) is 10.8. The number of nitrogens with one attached hydrogen (secondary N) is 2. The fourth-order valence-electron chi connectivity index (χ4n) is 3.81. The fraction of sp³-hybridized carbons (Fsp3) is 0.364. The quantitative estimate of drug-likeness (QED) is 0.320. The molecule has 0 atom stereocenters. The maximum Gasteiger partial charge on any atom is 0.330 e. The normalized spacial score (nSPS) is 15.9. The molecule has 2 saturated carbocycles. The molecule has 33 heavy (non-hydrogen) atoms. The molecule has 1 amide bonds. The summed E-state index contributed by atoms with van der Waals surface area (Å²) in [5.74, 6) is 0.720. The Labute approximate surface area is 195 Å². The zero-order chi connectivity index (χ0) is 22.7. The molecular formula is C22H20N6O3S2. The van der Waals surface area contributed by atoms with Crippen molar-refractivity contribution in [2.75, 3.05) is 11.1 Å². The molecule has 6 rings (SSSR count). The predicted octanol–water partition coefficient (Wildman–Crippen LogP) is 3.34. The van der Waals surface area contributed by atoms with Crippen molar-refractivity contribution in [3.8, 4) is 0 Å². The Morgan fingerprint density at radius 2 is 2.03 bits per heavy atom. The number of aromatic nitrogens is 5. The van der Waals surface area contributed by atoms with Crippen molar-refractivity contribution in [1.29, 1.82) is 0 Å². The van der Waals surface area contributed by atoms with Crippen molar-refractivity contribution >= 4 is 55.4 Å². The molecule has 0 spiro atoms. The number of amides is 1. The van der Waals surface area contributed by atoms with Crippen molar-refractivity contribution < 1.29 is 4.79 Å². The van der Waals surface area contributed by atoms with Gasteiger partial charge in [-0.25, -0.2) is 19.7 Å². The van der Waals surface area contributed by atoms with E-state index < -0.39 is 11.2 Å². The number of rotatable bonds is 6. The molecule has 2 fully saturated rings. The van der Waals surface area contributed by atoms with E-state index in [-0.39, 0.29) is 29.0 Å². The smallest absolute Gasteiger partial charge is 0.301 e. The molecule has 2 aliphatic rings. The van der Waals surface area contributed by atoms with Crippen molar-refractivity contribution in [3.05, 3.63) is 50.4 Å². The maximum atomic E-state index is 12.7. The minimum Gasteiger partial charge on any atom is -0.301 e. The van der Waals surface area contributed by atoms with E-state index >= 15 is 0 Å². The Bertz CT molecular complexity index is 1550. The molecule has 9 nitrogen and oxygen atoms in total. The lowest BCUT2D eigenvalue weighted by atomic mass is 10.2. The summed E-state index contributed by atoms with van der Waals surface area (Å²) in [6.45, 7) is 2.01. The van der Waals surface area contributed by atoms with Gasteiger partial charge in [-0.1, -0.05) is 29.2 Å². The first-order chi connectivity index (χ1) is 16.0. The molecule has 1 aromatic carbocycles. The number of anilines is 1. The lowest BCUT2D eigenvalue weighted by molar-refractivity contribution is -0.113. The summed E-state index contributed by atoms with van der Waals surface area (Å²) in [6.07, 6.45) is 3.75. The van der Waals surface area contributed by atoms with Crippen LogP contribution in [0.3, 0.4) is 0 Å². The minimum atomic E-state index is -0.515. The summed E-state index contributed by atoms with van der Waals surface area (Å²) in [7, 11) is 0. The van der Waals surface area contributed by atoms with Gasteiger partial charge in [-0.3, -0.25) is 19.1 Å². The number of nitrogens with zero attached hydrogens (tertiary/aromatic N) is 4. The van der Waals surface area contributed by atoms with E-state index in [1.807, 2.05) is 25.1 Å². The van der Waals surface area contributed by atoms with Gasteiger partial charge >= 0.3 is 5.69 Å². The molecule has 0 bridgehead atoms. The Balaban J connectivity index is 1.30. The van der Waals surface area contributed by atoms with Gasteiger partial charge in [0.25, 0.3) is 5.56 Å². The Morgan fingerprint density at radius 3 is 2.79 bits per heavy atom. The van der Waals surface area contributed by atoms with Crippen LogP contribution in [0.25, 0.3) is 21.3 Å². The number of thiazole rings is 1. The Hall–Kier alpha value is -3.05. The highest BCUT2D eigenvalue weighted by atomic mass is 32.2. The first-order valence-corrected chi connectivity index (χ1v) is 12.6. The van der Waals surface area contributed by atoms with Gasteiger partial charge in [-0.05, 0) is 50.3 Å². The summed E-state index contributed by atoms with van der Waals surface area (Å²) in [5.41, 5.74) is 1.41. The van der Waals surface area contributed by atoms with Crippen LogP contribution >= 0.6 is 23.1 Å². The second-order valence-electron chi connectivity index (χ2n) is 8.55. The molecule has 0 saturated heterocycles. The highest BCUT2D eigenvalue weighted by molar-refractivity contribution is 8.00. The van der Waals surface area contributed by atoms with Crippen LogP contribution in [0.15, 0.2) is 32.8 Å². The molecule has 4 aromatic rings. The highest BCUT2D eigenvalue weighted by Gasteiger charge is 2.32. The number of carbonyl (C=O) groups is 1. The predicted molar refractivity (Wildman–Crippen MR) is 128 cm³/mol. The molecule has 3 aromatic heterocycles. The number of hydrogen-bond acceptors (Lipinski definition) is 8. The van der Waals surface area contributed by atoms with Crippen molar-refractivity contribution in [2.45, 2.75) is 49.6 Å². The van der Waals surface area contributed by atoms with Crippen LogP contribution in [0.5, 0.6) is 0 Å². The second kappa shape index (κ2) is 7.77. The molecule has 0 unspecified atom stereocenters. The summed E-state index contributed by atoms with van der Waals surface area (Å²) in [4.78, 5) is 54.0. The molecule has 168 valence electrons. The van der Waals surface area contributed by atoms with Gasteiger partial charge in [0.05, 0.1) is 16.0 Å². The molecule has 0 radical (unpaired) electrons. The molecular weight excluding hydrogens is 460 g/mol. The third-order valence-corrected chi connectivity index (χ3v) is 7.66. The van der Waals surface area contributed by atoms with Gasteiger partial charge < -0.3 is 5.32 Å². The number of aromatic amines is 1. The SMILES string of the molecule is Cc1ccc2nc(NC(=O)CSc3nc(C4CC4)nc4c3c(=O)[nH]c(=O)n4C3CC3)sc2c1. The zero-order valence-electron chi connectivity index (χ0n) is 17.8. The number of aryl methyl sites for hydroxylation is 1. The van der Waals surface area contributed by atoms with Crippen LogP contribution in [0.2, 0.25) is 0 Å². The third-order valence-electron chi connectivity index (χ3n) is 5.75. The highest BCUT2D eigenvalue weighted by Crippen LogP contribution is 2.41. The van der Waals surface area contributed by atoms with Crippen molar-refractivity contribution in [1.82, 2.24) is 24.5 Å². The standard InChI is InChI=1S/C22H20N6O3S2/c1-10-2-7-13-14(8-10)33-21(23-13)24-15(29)9-32-20-16-18(25-17(26-20)11-3-4-11)28(12-5-6-12)22(31)27-19(16)30/h2,7-8,11-12H,3-6,9H2,1H3,(H,23,24,29)(H,27,30,31). The van der Waals surface area contributed by atoms with Gasteiger partial charge in [0.1, 0.15) is 16.2 Å². The number of H-pyrrole nitrogens is 1. The van der Waals surface area contributed by atoms with E-state index in [0.717, 1.165) is 41.5 Å². The molecule has 2 N–H and O–H groups in total. The van der Waals surface area contributed by atoms with Gasteiger partial charge in [-0.15, -0.1) is 0 Å². The molecule has 3 heterocycles. The number of thioether (sulfide) groups is 1. The number of benzene rings is 1. The van der Waals surface area contributed by atoms with Crippen molar-refractivity contribution in [2.24, 2.45) is 0 Å². The molecule has 2 aliphatic carbocycles. The minimum absolute atomic E-state index is 0.0580. The van der Waals surface area contributed by atoms with Crippen molar-refractivity contribution in [3.63, 3.8) is 0 Å². The molecule has 11 heteroatoms. The van der Waals surface area contributed by atoms with E-state index in [4.69, 9.17) is 0 Å². The van der Waals surface area contributed by atoms with E-state index in [0.29, 0.717) is 21.6 Å². The van der Waals surface area contributed by atoms with Gasteiger partial charge in [-0.2, -0.15) is 0 Å². The third kappa shape index (κ3) is 3.95. The van der Waals surface area contributed by atoms with Crippen LogP contribution in [-0.2, 0) is 4.79 Å². The fourth-order valence-corrected chi connectivity index (χ4v) is 5.62. The average Bonchev–Trinajstić information content (AvgIpc) is 3.69. The van der Waals surface area contributed by atoms with Crippen LogP contribution in [0, 0.1) is 6.92 Å². The van der Waals surface area contributed by atoms with Crippen LogP contribution < -0.4 is 16.6 Å². The van der Waals surface area contributed by atoms with E-state index in [1.165, 1.54) is 23.1 Å². The molecule has 0 aliphatic heterocycles. The Morgan fingerprint density at radius 1 is 1.21 bits per heavy atom. The maximum absolute atomic E-state index is 12.7. The monoisotopic (exact) mass is 480 g/mol. The summed E-state index contributed by atoms with van der Waals surface area (Å²) in [6, 6.07) is 6.02. The largest absolute Gasteiger partial charge is 0.330 e. The zero-order valence-corrected chi connectivity index (χ0v) is 19.4. The number of hydrogen-bond donors (Lipinski definition) is 2. The van der Waals surface area contributed by atoms with Crippen LogP contribution in [0.4, 0.5) is 5.13 Å². The Kier molecular flexibility index (Phi) is 4.84. The lowest BCUT2D eigenvalue weighted by Crippen LogP contribution is -2.31. The first kappa shape index (κ1) is 20.5. The number of carbonyl (C=O) groups excluding carboxylic acids is 1. The number of fused-ring (bicyclic) bond motifs is 2. The second-order valence-corrected chi connectivity index (χ2v) is 10.5. The van der Waals surface area contributed by atoms with E-state index in [2.05, 4.69) is 25.3 Å². The van der Waals surface area contributed by atoms with Gasteiger partial charge in [0.15, 0.2) is 10.8 Å². The van der Waals surface area contributed by atoms with Crippen LogP contribution in [-0.4, -0.2) is 36.2 Å². The topological polar surface area (TPSA) is 123 Å². The van der Waals surface area contributed by atoms with Gasteiger partial charge in [0.2, 0.25) is 5.91 Å². The average molecular weight is 481 g/mol. The summed E-state index contributed by atoms with van der Waals surface area (Å²) < 4.78 is 2.59.